The maximum Gasteiger partial charge on any atom is 0.347 e. The van der Waals surface area contributed by atoms with Gasteiger partial charge in [0, 0.05) is 17.2 Å². The number of carbonyl (C=O) groups is 3. The summed E-state index contributed by atoms with van der Waals surface area (Å²) in [6, 6.07) is 2.62. The molecule has 0 spiro atoms. The predicted molar refractivity (Wildman–Crippen MR) is 141 cm³/mol. The van der Waals surface area contributed by atoms with Gasteiger partial charge in [-0.05, 0) is 82.3 Å². The number of aryl methyl sites for hydroxylation is 1. The molecule has 206 valence electrons. The molecule has 0 aromatic heterocycles. The molecule has 0 unspecified atom stereocenters. The van der Waals surface area contributed by atoms with Crippen LogP contribution in [0.3, 0.4) is 0 Å². The van der Waals surface area contributed by atoms with Crippen molar-refractivity contribution >= 4 is 17.9 Å². The molecule has 0 saturated heterocycles. The van der Waals surface area contributed by atoms with Gasteiger partial charge in [-0.2, -0.15) is 0 Å². The zero-order valence-corrected chi connectivity index (χ0v) is 22.9. The molecule has 0 aliphatic rings. The van der Waals surface area contributed by atoms with Crippen molar-refractivity contribution < 1.29 is 49.0 Å². The molecule has 0 saturated carbocycles. The van der Waals surface area contributed by atoms with E-state index in [1.54, 1.807) is 27.7 Å². The Morgan fingerprint density at radius 2 is 1.15 bits per heavy atom. The minimum Gasteiger partial charge on any atom is -0.508 e. The van der Waals surface area contributed by atoms with Crippen LogP contribution in [0.25, 0.3) is 0 Å². The Morgan fingerprint density at radius 1 is 0.615 bits per heavy atom. The first-order chi connectivity index (χ1) is 18.1. The van der Waals surface area contributed by atoms with E-state index in [1.165, 1.54) is 40.0 Å². The van der Waals surface area contributed by atoms with Crippen molar-refractivity contribution in [2.45, 2.75) is 48.5 Å². The summed E-state index contributed by atoms with van der Waals surface area (Å²) in [5.41, 5.74) is 1.50. The van der Waals surface area contributed by atoms with Crippen molar-refractivity contribution in [3.63, 3.8) is 0 Å². The number of aromatic hydroxyl groups is 3. The summed E-state index contributed by atoms with van der Waals surface area (Å²) in [6.07, 6.45) is 0. The largest absolute Gasteiger partial charge is 0.508 e. The average Bonchev–Trinajstić information content (AvgIpc) is 2.86. The van der Waals surface area contributed by atoms with E-state index in [2.05, 4.69) is 0 Å². The fourth-order valence-corrected chi connectivity index (χ4v) is 4.34. The monoisotopic (exact) mass is 538 g/mol. The predicted octanol–water partition coefficient (Wildman–Crippen LogP) is 5.11. The number of methoxy groups -OCH3 is 1. The SMILES string of the molecule is COc1cc(OC(=O)c2c(C)c(C)c(OC(=O)c3c(C)cc(O)c(C)c3O)c(C)c2O)c(C)c(C)c1C(=O)O. The van der Waals surface area contributed by atoms with E-state index in [-0.39, 0.29) is 61.9 Å². The Bertz CT molecular complexity index is 1520. The summed E-state index contributed by atoms with van der Waals surface area (Å²) >= 11 is 0. The molecule has 0 amide bonds. The van der Waals surface area contributed by atoms with Gasteiger partial charge in [0.1, 0.15) is 51.2 Å². The molecule has 4 N–H and O–H groups in total. The second kappa shape index (κ2) is 10.6. The first-order valence-corrected chi connectivity index (χ1v) is 11.8. The van der Waals surface area contributed by atoms with Crippen LogP contribution in [-0.4, -0.2) is 45.4 Å². The van der Waals surface area contributed by atoms with Crippen molar-refractivity contribution in [2.24, 2.45) is 0 Å². The number of hydrogen-bond donors (Lipinski definition) is 4. The fraction of sp³-hybridized carbons (Fsp3) is 0.276. The van der Waals surface area contributed by atoms with Gasteiger partial charge in [0.2, 0.25) is 0 Å². The molecule has 3 aromatic carbocycles. The maximum absolute atomic E-state index is 13.3. The van der Waals surface area contributed by atoms with Gasteiger partial charge in [-0.3, -0.25) is 0 Å². The molecule has 3 rings (SSSR count). The summed E-state index contributed by atoms with van der Waals surface area (Å²) in [7, 11) is 1.30. The number of carboxylic acids is 1. The third kappa shape index (κ3) is 4.93. The Morgan fingerprint density at radius 3 is 1.72 bits per heavy atom. The van der Waals surface area contributed by atoms with Crippen LogP contribution in [0.5, 0.6) is 34.5 Å². The lowest BCUT2D eigenvalue weighted by atomic mass is 9.96. The van der Waals surface area contributed by atoms with E-state index in [4.69, 9.17) is 14.2 Å². The second-order valence-corrected chi connectivity index (χ2v) is 9.28. The first kappa shape index (κ1) is 28.8. The molecular formula is C29H30O10. The van der Waals surface area contributed by atoms with Crippen LogP contribution in [-0.2, 0) is 0 Å². The molecule has 39 heavy (non-hydrogen) atoms. The summed E-state index contributed by atoms with van der Waals surface area (Å²) in [4.78, 5) is 37.9. The van der Waals surface area contributed by atoms with E-state index in [0.29, 0.717) is 16.7 Å². The van der Waals surface area contributed by atoms with Crippen molar-refractivity contribution in [1.29, 1.82) is 0 Å². The van der Waals surface area contributed by atoms with Gasteiger partial charge >= 0.3 is 17.9 Å². The van der Waals surface area contributed by atoms with Gasteiger partial charge in [-0.15, -0.1) is 0 Å². The van der Waals surface area contributed by atoms with E-state index in [9.17, 15) is 34.8 Å². The number of phenols is 3. The highest BCUT2D eigenvalue weighted by atomic mass is 16.5. The quantitative estimate of drug-likeness (QED) is 0.245. The average molecular weight is 539 g/mol. The minimum absolute atomic E-state index is 0.00409. The molecular weight excluding hydrogens is 508 g/mol. The van der Waals surface area contributed by atoms with Gasteiger partial charge in [0.15, 0.2) is 0 Å². The number of ether oxygens (including phenoxy) is 3. The van der Waals surface area contributed by atoms with Crippen molar-refractivity contribution in [3.8, 4) is 34.5 Å². The van der Waals surface area contributed by atoms with Gasteiger partial charge in [-0.25, -0.2) is 14.4 Å². The van der Waals surface area contributed by atoms with Gasteiger partial charge in [0.05, 0.1) is 7.11 Å². The summed E-state index contributed by atoms with van der Waals surface area (Å²) in [5, 5.41) is 40.8. The van der Waals surface area contributed by atoms with Crippen LogP contribution in [0.4, 0.5) is 0 Å². The van der Waals surface area contributed by atoms with Crippen molar-refractivity contribution in [3.05, 3.63) is 67.8 Å². The lowest BCUT2D eigenvalue weighted by molar-refractivity contribution is 0.0689. The molecule has 10 heteroatoms. The Hall–Kier alpha value is -4.73. The summed E-state index contributed by atoms with van der Waals surface area (Å²) in [5.74, 6) is -4.04. The zero-order chi connectivity index (χ0) is 29.5. The minimum atomic E-state index is -1.19. The molecule has 0 bridgehead atoms. The highest BCUT2D eigenvalue weighted by molar-refractivity contribution is 6.00. The van der Waals surface area contributed by atoms with E-state index in [1.807, 2.05) is 0 Å². The Labute approximate surface area is 225 Å². The van der Waals surface area contributed by atoms with Crippen molar-refractivity contribution in [1.82, 2.24) is 0 Å². The van der Waals surface area contributed by atoms with E-state index >= 15 is 0 Å². The van der Waals surface area contributed by atoms with Crippen LogP contribution in [0, 0.1) is 48.5 Å². The lowest BCUT2D eigenvalue weighted by Gasteiger charge is -2.20. The summed E-state index contributed by atoms with van der Waals surface area (Å²) < 4.78 is 16.3. The third-order valence-corrected chi connectivity index (χ3v) is 6.99. The van der Waals surface area contributed by atoms with Crippen LogP contribution in [0.2, 0.25) is 0 Å². The number of carboxylic acid groups (broad SMARTS) is 1. The van der Waals surface area contributed by atoms with E-state index < -0.39 is 29.4 Å². The van der Waals surface area contributed by atoms with Gasteiger partial charge in [-0.1, -0.05) is 0 Å². The highest BCUT2D eigenvalue weighted by Crippen LogP contribution is 2.40. The number of esters is 2. The number of phenolic OH excluding ortho intramolecular Hbond substituents is 3. The van der Waals surface area contributed by atoms with Crippen LogP contribution < -0.4 is 14.2 Å². The van der Waals surface area contributed by atoms with Crippen LogP contribution in [0.1, 0.15) is 70.0 Å². The molecule has 0 fully saturated rings. The van der Waals surface area contributed by atoms with Gasteiger partial charge in [0.25, 0.3) is 0 Å². The summed E-state index contributed by atoms with van der Waals surface area (Å²) in [6.45, 7) is 10.7. The Balaban J connectivity index is 2.04. The molecule has 0 aliphatic heterocycles. The van der Waals surface area contributed by atoms with Crippen LogP contribution in [0.15, 0.2) is 12.1 Å². The highest BCUT2D eigenvalue weighted by Gasteiger charge is 2.29. The molecule has 0 radical (unpaired) electrons. The Kier molecular flexibility index (Phi) is 7.81. The molecule has 3 aromatic rings. The molecule has 0 heterocycles. The van der Waals surface area contributed by atoms with E-state index in [0.717, 1.165) is 0 Å². The molecule has 0 atom stereocenters. The number of hydrogen-bond acceptors (Lipinski definition) is 9. The number of benzene rings is 3. The fourth-order valence-electron chi connectivity index (χ4n) is 4.34. The second-order valence-electron chi connectivity index (χ2n) is 9.28. The number of aromatic carboxylic acids is 1. The van der Waals surface area contributed by atoms with Crippen molar-refractivity contribution in [2.75, 3.05) is 7.11 Å². The number of carbonyl (C=O) groups excluding carboxylic acids is 2. The normalized spacial score (nSPS) is 10.8. The zero-order valence-electron chi connectivity index (χ0n) is 22.9. The first-order valence-electron chi connectivity index (χ1n) is 11.8. The topological polar surface area (TPSA) is 160 Å². The third-order valence-electron chi connectivity index (χ3n) is 6.99. The smallest absolute Gasteiger partial charge is 0.347 e. The number of rotatable bonds is 6. The maximum atomic E-state index is 13.3. The lowest BCUT2D eigenvalue weighted by Crippen LogP contribution is -2.17. The van der Waals surface area contributed by atoms with Crippen LogP contribution >= 0.6 is 0 Å². The molecule has 10 nitrogen and oxygen atoms in total. The van der Waals surface area contributed by atoms with Gasteiger partial charge < -0.3 is 34.6 Å². The standard InChI is InChI=1S/C29H30O10/c1-11-9-18(30)16(6)24(31)21(11)28(35)39-26-15(5)14(4)23(25(32)17(26)7)29(36)38-19-10-20(37-8)22(27(33)34)13(3)12(19)2/h9-10,30-32H,1-8H3,(H,33,34). The molecule has 0 aliphatic carbocycles.